The molecule has 2 heterocycles. The molecule has 0 radical (unpaired) electrons. The average Bonchev–Trinajstić information content (AvgIpc) is 2.91. The summed E-state index contributed by atoms with van der Waals surface area (Å²) in [5, 5.41) is 12.8. The smallest absolute Gasteiger partial charge is 0.268 e. The van der Waals surface area contributed by atoms with Crippen LogP contribution in [0, 0.1) is 23.2 Å². The molecular weight excluding hydrogens is 302 g/mol. The lowest BCUT2D eigenvalue weighted by Crippen LogP contribution is -2.51. The summed E-state index contributed by atoms with van der Waals surface area (Å²) in [6.45, 7) is 0.784. The molecule has 4 aliphatic rings. The zero-order valence-corrected chi connectivity index (χ0v) is 13.7. The van der Waals surface area contributed by atoms with E-state index in [1.165, 1.54) is 44.7 Å². The van der Waals surface area contributed by atoms with Gasteiger partial charge < -0.3 is 10.4 Å². The van der Waals surface area contributed by atoms with Crippen LogP contribution in [0.5, 0.6) is 5.88 Å². The Bertz CT molecular complexity index is 775. The number of fused-ring (bicyclic) bond motifs is 1. The lowest BCUT2D eigenvalue weighted by Gasteiger charge is -2.56. The summed E-state index contributed by atoms with van der Waals surface area (Å²) < 4.78 is 1.66. The maximum atomic E-state index is 12.7. The van der Waals surface area contributed by atoms with E-state index in [4.69, 9.17) is 0 Å². The van der Waals surface area contributed by atoms with E-state index in [2.05, 4.69) is 10.3 Å². The third kappa shape index (κ3) is 2.21. The molecule has 4 fully saturated rings. The first-order valence-corrected chi connectivity index (χ1v) is 9.06. The molecule has 4 bridgehead atoms. The highest BCUT2D eigenvalue weighted by Gasteiger charge is 2.50. The quantitative estimate of drug-likeness (QED) is 0.912. The number of nitrogens with zero attached hydrogens (tertiary/aromatic N) is 2. The fourth-order valence-corrected chi connectivity index (χ4v) is 6.05. The summed E-state index contributed by atoms with van der Waals surface area (Å²) in [5.74, 6) is 2.54. The molecular formula is C19H23N3O2. The van der Waals surface area contributed by atoms with Gasteiger partial charge in [0.05, 0.1) is 6.20 Å². The van der Waals surface area contributed by atoms with Crippen molar-refractivity contribution in [3.63, 3.8) is 0 Å². The largest absolute Gasteiger partial charge is 0.492 e. The van der Waals surface area contributed by atoms with Gasteiger partial charge in [0.1, 0.15) is 11.3 Å². The number of hydrogen-bond acceptors (Lipinski definition) is 3. The molecule has 0 atom stereocenters. The van der Waals surface area contributed by atoms with Crippen molar-refractivity contribution in [2.75, 3.05) is 6.54 Å². The van der Waals surface area contributed by atoms with Gasteiger partial charge in [0.2, 0.25) is 5.88 Å². The van der Waals surface area contributed by atoms with Gasteiger partial charge in [-0.15, -0.1) is 0 Å². The third-order valence-electron chi connectivity index (χ3n) is 6.50. The van der Waals surface area contributed by atoms with Gasteiger partial charge in [-0.05, 0) is 73.8 Å². The molecule has 4 saturated carbocycles. The van der Waals surface area contributed by atoms with E-state index < -0.39 is 0 Å². The van der Waals surface area contributed by atoms with Gasteiger partial charge in [-0.2, -0.15) is 4.98 Å². The van der Waals surface area contributed by atoms with Crippen molar-refractivity contribution in [1.82, 2.24) is 14.7 Å². The van der Waals surface area contributed by atoms with Crippen LogP contribution in [0.4, 0.5) is 0 Å². The standard InChI is InChI=1S/C19H23N3O2/c23-17-10-22-15(2-1-3-16(22)21-17)18(24)20-11-19-7-12-4-13(8-19)6-14(5-12)9-19/h1-3,10,12-14,23H,4-9,11H2,(H,20,24). The SMILES string of the molecule is O=C(NCC12CC3CC(CC(C3)C1)C2)c1cccc2nc(O)cn12. The Morgan fingerprint density at radius 3 is 2.54 bits per heavy atom. The second-order valence-corrected chi connectivity index (χ2v) is 8.34. The summed E-state index contributed by atoms with van der Waals surface area (Å²) in [6, 6.07) is 5.38. The van der Waals surface area contributed by atoms with Crippen LogP contribution >= 0.6 is 0 Å². The minimum Gasteiger partial charge on any atom is -0.492 e. The van der Waals surface area contributed by atoms with Gasteiger partial charge >= 0.3 is 0 Å². The molecule has 4 aliphatic carbocycles. The third-order valence-corrected chi connectivity index (χ3v) is 6.50. The highest BCUT2D eigenvalue weighted by Crippen LogP contribution is 2.59. The maximum Gasteiger partial charge on any atom is 0.268 e. The van der Waals surface area contributed by atoms with Gasteiger partial charge in [0.15, 0.2) is 0 Å². The van der Waals surface area contributed by atoms with Crippen LogP contribution in [0.25, 0.3) is 5.65 Å². The predicted octanol–water partition coefficient (Wildman–Crippen LogP) is 2.99. The molecule has 5 nitrogen and oxygen atoms in total. The molecule has 0 spiro atoms. The molecule has 2 N–H and O–H groups in total. The molecule has 0 aromatic carbocycles. The molecule has 0 saturated heterocycles. The van der Waals surface area contributed by atoms with Crippen LogP contribution < -0.4 is 5.32 Å². The minimum absolute atomic E-state index is 0.0589. The predicted molar refractivity (Wildman–Crippen MR) is 89.8 cm³/mol. The van der Waals surface area contributed by atoms with Crippen LogP contribution in [0.3, 0.4) is 0 Å². The van der Waals surface area contributed by atoms with E-state index in [9.17, 15) is 9.90 Å². The average molecular weight is 325 g/mol. The fourth-order valence-electron chi connectivity index (χ4n) is 6.05. The second kappa shape index (κ2) is 4.98. The molecule has 6 rings (SSSR count). The number of hydrogen-bond donors (Lipinski definition) is 2. The van der Waals surface area contributed by atoms with Gasteiger partial charge in [-0.1, -0.05) is 6.07 Å². The minimum atomic E-state index is -0.0752. The first-order valence-electron chi connectivity index (χ1n) is 9.06. The first-order chi connectivity index (χ1) is 11.6. The van der Waals surface area contributed by atoms with Crippen LogP contribution in [0.15, 0.2) is 24.4 Å². The molecule has 24 heavy (non-hydrogen) atoms. The molecule has 2 aromatic heterocycles. The van der Waals surface area contributed by atoms with E-state index in [-0.39, 0.29) is 11.8 Å². The zero-order valence-electron chi connectivity index (χ0n) is 13.7. The number of aromatic nitrogens is 2. The van der Waals surface area contributed by atoms with Crippen LogP contribution in [0.1, 0.15) is 49.0 Å². The number of amides is 1. The van der Waals surface area contributed by atoms with Crippen molar-refractivity contribution in [1.29, 1.82) is 0 Å². The summed E-state index contributed by atoms with van der Waals surface area (Å²) in [7, 11) is 0. The molecule has 2 aromatic rings. The van der Waals surface area contributed by atoms with Crippen molar-refractivity contribution in [3.05, 3.63) is 30.1 Å². The number of rotatable bonds is 3. The van der Waals surface area contributed by atoms with Crippen molar-refractivity contribution in [3.8, 4) is 5.88 Å². The highest BCUT2D eigenvalue weighted by atomic mass is 16.3. The Labute approximate surface area is 141 Å². The lowest BCUT2D eigenvalue weighted by atomic mass is 9.49. The number of carbonyl (C=O) groups is 1. The van der Waals surface area contributed by atoms with E-state index in [0.717, 1.165) is 24.3 Å². The molecule has 0 aliphatic heterocycles. The summed E-state index contributed by atoms with van der Waals surface area (Å²) >= 11 is 0. The van der Waals surface area contributed by atoms with Crippen molar-refractivity contribution < 1.29 is 9.90 Å². The Morgan fingerprint density at radius 2 is 1.88 bits per heavy atom. The summed E-state index contributed by atoms with van der Waals surface area (Å²) in [6.07, 6.45) is 9.61. The van der Waals surface area contributed by atoms with E-state index in [1.54, 1.807) is 22.6 Å². The summed E-state index contributed by atoms with van der Waals surface area (Å²) in [4.78, 5) is 16.7. The maximum absolute atomic E-state index is 12.7. The number of pyridine rings is 1. The van der Waals surface area contributed by atoms with Crippen LogP contribution in [-0.4, -0.2) is 26.9 Å². The van der Waals surface area contributed by atoms with Crippen LogP contribution in [-0.2, 0) is 0 Å². The lowest BCUT2D eigenvalue weighted by molar-refractivity contribution is -0.0503. The summed E-state index contributed by atoms with van der Waals surface area (Å²) in [5.41, 5.74) is 1.45. The van der Waals surface area contributed by atoms with Gasteiger partial charge in [-0.3, -0.25) is 9.20 Å². The van der Waals surface area contributed by atoms with Crippen molar-refractivity contribution in [2.45, 2.75) is 38.5 Å². The Kier molecular flexibility index (Phi) is 2.97. The monoisotopic (exact) mass is 325 g/mol. The Morgan fingerprint density at radius 1 is 1.21 bits per heavy atom. The van der Waals surface area contributed by atoms with Crippen molar-refractivity contribution >= 4 is 11.6 Å². The number of nitrogens with one attached hydrogen (secondary N) is 1. The molecule has 1 amide bonds. The second-order valence-electron chi connectivity index (χ2n) is 8.34. The normalized spacial score (nSPS) is 33.9. The Balaban J connectivity index is 1.35. The van der Waals surface area contributed by atoms with E-state index in [0.29, 0.717) is 16.8 Å². The van der Waals surface area contributed by atoms with E-state index >= 15 is 0 Å². The molecule has 126 valence electrons. The Hall–Kier alpha value is -2.04. The number of imidazole rings is 1. The zero-order chi connectivity index (χ0) is 16.3. The topological polar surface area (TPSA) is 66.6 Å². The van der Waals surface area contributed by atoms with Gasteiger partial charge in [0.25, 0.3) is 5.91 Å². The fraction of sp³-hybridized carbons (Fsp3) is 0.579. The van der Waals surface area contributed by atoms with Crippen LogP contribution in [0.2, 0.25) is 0 Å². The number of carbonyl (C=O) groups excluding carboxylic acids is 1. The molecule has 5 heteroatoms. The van der Waals surface area contributed by atoms with Gasteiger partial charge in [0, 0.05) is 6.54 Å². The number of aromatic hydroxyl groups is 1. The highest BCUT2D eigenvalue weighted by molar-refractivity contribution is 5.93. The van der Waals surface area contributed by atoms with E-state index in [1.807, 2.05) is 0 Å². The first kappa shape index (κ1) is 14.3. The van der Waals surface area contributed by atoms with Gasteiger partial charge in [-0.25, -0.2) is 0 Å². The van der Waals surface area contributed by atoms with Crippen molar-refractivity contribution in [2.24, 2.45) is 23.2 Å². The molecule has 0 unspecified atom stereocenters.